The largest absolute Gasteiger partial charge is 0.303 e. The lowest BCUT2D eigenvalue weighted by Gasteiger charge is -2.31. The molecule has 2 heterocycles. The van der Waals surface area contributed by atoms with E-state index in [-0.39, 0.29) is 0 Å². The smallest absolute Gasteiger partial charge is 0.214 e. The van der Waals surface area contributed by atoms with E-state index in [0.29, 0.717) is 5.75 Å². The van der Waals surface area contributed by atoms with Gasteiger partial charge in [0.15, 0.2) is 0 Å². The van der Waals surface area contributed by atoms with Crippen LogP contribution in [0.4, 0.5) is 0 Å². The van der Waals surface area contributed by atoms with Gasteiger partial charge in [-0.25, -0.2) is 12.7 Å². The first-order valence-electron chi connectivity index (χ1n) is 6.39. The minimum Gasteiger partial charge on any atom is -0.303 e. The molecule has 0 aromatic heterocycles. The van der Waals surface area contributed by atoms with E-state index < -0.39 is 10.0 Å². The van der Waals surface area contributed by atoms with Crippen LogP contribution in [0.15, 0.2) is 0 Å². The lowest BCUT2D eigenvalue weighted by atomic mass is 10.2. The number of hydrogen-bond acceptors (Lipinski definition) is 3. The summed E-state index contributed by atoms with van der Waals surface area (Å²) in [6, 6.07) is 0. The van der Waals surface area contributed by atoms with Crippen LogP contribution in [0.3, 0.4) is 0 Å². The van der Waals surface area contributed by atoms with Gasteiger partial charge in [-0.1, -0.05) is 6.42 Å². The minimum atomic E-state index is -2.96. The van der Waals surface area contributed by atoms with E-state index in [1.165, 1.54) is 12.8 Å². The fourth-order valence-electron chi connectivity index (χ4n) is 2.35. The highest BCUT2D eigenvalue weighted by molar-refractivity contribution is 7.89. The third-order valence-corrected chi connectivity index (χ3v) is 5.49. The maximum atomic E-state index is 12.0. The number of hydrogen-bond donors (Lipinski definition) is 0. The van der Waals surface area contributed by atoms with Crippen LogP contribution in [0.25, 0.3) is 0 Å². The molecule has 5 heteroatoms. The molecule has 16 heavy (non-hydrogen) atoms. The lowest BCUT2D eigenvalue weighted by molar-refractivity contribution is 0.182. The molecule has 0 amide bonds. The van der Waals surface area contributed by atoms with Crippen molar-refractivity contribution >= 4 is 10.0 Å². The quantitative estimate of drug-likeness (QED) is 0.723. The number of piperidine rings is 1. The third-order valence-electron chi connectivity index (χ3n) is 3.53. The zero-order valence-electron chi connectivity index (χ0n) is 9.90. The highest BCUT2D eigenvalue weighted by atomic mass is 32.2. The molecule has 0 spiro atoms. The summed E-state index contributed by atoms with van der Waals surface area (Å²) in [5, 5.41) is 0. The van der Waals surface area contributed by atoms with Gasteiger partial charge < -0.3 is 4.90 Å². The fraction of sp³-hybridized carbons (Fsp3) is 1.00. The SMILES string of the molecule is O=S(=O)(CCCN1CCC1)N1CCCCC1. The monoisotopic (exact) mass is 246 g/mol. The molecular weight excluding hydrogens is 224 g/mol. The molecule has 2 aliphatic heterocycles. The summed E-state index contributed by atoms with van der Waals surface area (Å²) in [6.45, 7) is 4.75. The second-order valence-corrected chi connectivity index (χ2v) is 6.91. The van der Waals surface area contributed by atoms with Crippen molar-refractivity contribution in [2.24, 2.45) is 0 Å². The summed E-state index contributed by atoms with van der Waals surface area (Å²) in [4.78, 5) is 2.33. The topological polar surface area (TPSA) is 40.6 Å². The molecule has 2 rings (SSSR count). The normalized spacial score (nSPS) is 24.2. The Morgan fingerprint density at radius 1 is 0.875 bits per heavy atom. The molecule has 0 N–H and O–H groups in total. The molecule has 0 radical (unpaired) electrons. The Balaban J connectivity index is 1.72. The van der Waals surface area contributed by atoms with Crippen molar-refractivity contribution in [3.63, 3.8) is 0 Å². The molecule has 0 aromatic rings. The summed E-state index contributed by atoms with van der Waals surface area (Å²) < 4.78 is 25.6. The Bertz CT molecular complexity index is 306. The van der Waals surface area contributed by atoms with Gasteiger partial charge in [0.25, 0.3) is 0 Å². The van der Waals surface area contributed by atoms with Gasteiger partial charge in [-0.15, -0.1) is 0 Å². The minimum absolute atomic E-state index is 0.337. The molecule has 2 fully saturated rings. The van der Waals surface area contributed by atoms with Crippen LogP contribution < -0.4 is 0 Å². The molecule has 0 unspecified atom stereocenters. The van der Waals surface area contributed by atoms with E-state index in [1.807, 2.05) is 0 Å². The second kappa shape index (κ2) is 5.47. The first kappa shape index (κ1) is 12.3. The maximum absolute atomic E-state index is 12.0. The van der Waals surface area contributed by atoms with Gasteiger partial charge in [-0.2, -0.15) is 0 Å². The second-order valence-electron chi connectivity index (χ2n) is 4.82. The molecule has 0 aliphatic carbocycles. The molecule has 0 bridgehead atoms. The van der Waals surface area contributed by atoms with Crippen molar-refractivity contribution in [2.45, 2.75) is 32.1 Å². The zero-order valence-corrected chi connectivity index (χ0v) is 10.7. The van der Waals surface area contributed by atoms with Gasteiger partial charge in [-0.05, 0) is 45.3 Å². The molecule has 2 aliphatic rings. The first-order chi connectivity index (χ1) is 7.68. The van der Waals surface area contributed by atoms with Gasteiger partial charge in [0, 0.05) is 13.1 Å². The van der Waals surface area contributed by atoms with Crippen molar-refractivity contribution in [1.82, 2.24) is 9.21 Å². The summed E-state index contributed by atoms with van der Waals surface area (Å²) in [5.74, 6) is 0.337. The van der Waals surface area contributed by atoms with Crippen LogP contribution in [-0.4, -0.2) is 56.1 Å². The van der Waals surface area contributed by atoms with Crippen LogP contribution in [0.1, 0.15) is 32.1 Å². The van der Waals surface area contributed by atoms with E-state index >= 15 is 0 Å². The number of rotatable bonds is 5. The first-order valence-corrected chi connectivity index (χ1v) is 7.99. The molecule has 94 valence electrons. The number of nitrogens with zero attached hydrogens (tertiary/aromatic N) is 2. The summed E-state index contributed by atoms with van der Waals surface area (Å²) in [7, 11) is -2.96. The van der Waals surface area contributed by atoms with Crippen molar-refractivity contribution in [2.75, 3.05) is 38.5 Å². The van der Waals surface area contributed by atoms with Gasteiger partial charge in [-0.3, -0.25) is 0 Å². The standard InChI is InChI=1S/C11H22N2O2S/c14-16(15,13-9-2-1-3-10-13)11-5-8-12-6-4-7-12/h1-11H2. The Morgan fingerprint density at radius 3 is 2.12 bits per heavy atom. The van der Waals surface area contributed by atoms with Crippen LogP contribution in [0.5, 0.6) is 0 Å². The van der Waals surface area contributed by atoms with E-state index in [1.54, 1.807) is 4.31 Å². The summed E-state index contributed by atoms with van der Waals surface area (Å²) in [6.07, 6.45) is 5.31. The van der Waals surface area contributed by atoms with E-state index in [2.05, 4.69) is 4.90 Å². The zero-order chi connectivity index (χ0) is 11.4. The summed E-state index contributed by atoms with van der Waals surface area (Å²) >= 11 is 0. The average Bonchev–Trinajstić information content (AvgIpc) is 2.23. The van der Waals surface area contributed by atoms with Crippen molar-refractivity contribution < 1.29 is 8.42 Å². The van der Waals surface area contributed by atoms with Crippen LogP contribution in [-0.2, 0) is 10.0 Å². The van der Waals surface area contributed by atoms with Crippen molar-refractivity contribution in [3.8, 4) is 0 Å². The molecule has 4 nitrogen and oxygen atoms in total. The number of likely N-dealkylation sites (tertiary alicyclic amines) is 1. The van der Waals surface area contributed by atoms with Gasteiger partial charge in [0.05, 0.1) is 5.75 Å². The highest BCUT2D eigenvalue weighted by Crippen LogP contribution is 2.14. The molecule has 2 saturated heterocycles. The predicted octanol–water partition coefficient (Wildman–Crippen LogP) is 0.898. The Morgan fingerprint density at radius 2 is 1.56 bits per heavy atom. The van der Waals surface area contributed by atoms with Gasteiger partial charge >= 0.3 is 0 Å². The third kappa shape index (κ3) is 3.18. The summed E-state index contributed by atoms with van der Waals surface area (Å²) in [5.41, 5.74) is 0. The molecule has 0 aromatic carbocycles. The molecular formula is C11H22N2O2S. The van der Waals surface area contributed by atoms with Crippen LogP contribution in [0.2, 0.25) is 0 Å². The van der Waals surface area contributed by atoms with E-state index in [9.17, 15) is 8.42 Å². The van der Waals surface area contributed by atoms with E-state index in [4.69, 9.17) is 0 Å². The van der Waals surface area contributed by atoms with Gasteiger partial charge in [0.1, 0.15) is 0 Å². The van der Waals surface area contributed by atoms with Crippen LogP contribution >= 0.6 is 0 Å². The van der Waals surface area contributed by atoms with Gasteiger partial charge in [0.2, 0.25) is 10.0 Å². The Hall–Kier alpha value is -0.130. The molecule has 0 atom stereocenters. The molecule has 0 saturated carbocycles. The number of sulfonamides is 1. The maximum Gasteiger partial charge on any atom is 0.214 e. The Kier molecular flexibility index (Phi) is 4.21. The lowest BCUT2D eigenvalue weighted by Crippen LogP contribution is -2.40. The predicted molar refractivity (Wildman–Crippen MR) is 64.9 cm³/mol. The van der Waals surface area contributed by atoms with Crippen molar-refractivity contribution in [1.29, 1.82) is 0 Å². The Labute approximate surface area is 98.7 Å². The van der Waals surface area contributed by atoms with Crippen molar-refractivity contribution in [3.05, 3.63) is 0 Å². The average molecular weight is 246 g/mol. The fourth-order valence-corrected chi connectivity index (χ4v) is 3.91. The van der Waals surface area contributed by atoms with E-state index in [0.717, 1.165) is 52.0 Å². The van der Waals surface area contributed by atoms with Crippen LogP contribution in [0, 0.1) is 0 Å². The highest BCUT2D eigenvalue weighted by Gasteiger charge is 2.24.